The average Bonchev–Trinajstić information content (AvgIpc) is 3.22. The SMILES string of the molecule is COc1ccc(-c2n[nH]c(=S)n2CC(=O)NCc2ccc(OCc3cccc(C)c3)cc2)cc1. The van der Waals surface area contributed by atoms with Crippen molar-refractivity contribution >= 4 is 18.1 Å². The maximum Gasteiger partial charge on any atom is 0.240 e. The Morgan fingerprint density at radius 2 is 1.76 bits per heavy atom. The number of ether oxygens (including phenoxy) is 2. The van der Waals surface area contributed by atoms with Crippen molar-refractivity contribution in [3.8, 4) is 22.9 Å². The summed E-state index contributed by atoms with van der Waals surface area (Å²) in [6.07, 6.45) is 0. The molecule has 174 valence electrons. The fourth-order valence-electron chi connectivity index (χ4n) is 3.50. The minimum atomic E-state index is -0.160. The number of rotatable bonds is 9. The molecule has 0 aliphatic rings. The zero-order valence-electron chi connectivity index (χ0n) is 19.1. The van der Waals surface area contributed by atoms with Gasteiger partial charge in [-0.1, -0.05) is 42.0 Å². The predicted molar refractivity (Wildman–Crippen MR) is 133 cm³/mol. The van der Waals surface area contributed by atoms with Crippen molar-refractivity contribution in [3.63, 3.8) is 0 Å². The van der Waals surface area contributed by atoms with Gasteiger partial charge in [0.2, 0.25) is 5.91 Å². The Bertz CT molecular complexity index is 1310. The smallest absolute Gasteiger partial charge is 0.240 e. The number of carbonyl (C=O) groups excluding carboxylic acids is 1. The molecule has 0 radical (unpaired) electrons. The molecular weight excluding hydrogens is 448 g/mol. The van der Waals surface area contributed by atoms with Crippen molar-refractivity contribution in [2.24, 2.45) is 0 Å². The predicted octanol–water partition coefficient (Wildman–Crippen LogP) is 4.82. The summed E-state index contributed by atoms with van der Waals surface area (Å²) in [7, 11) is 1.61. The van der Waals surface area contributed by atoms with Crippen molar-refractivity contribution in [2.75, 3.05) is 7.11 Å². The van der Waals surface area contributed by atoms with Crippen LogP contribution < -0.4 is 14.8 Å². The monoisotopic (exact) mass is 474 g/mol. The van der Waals surface area contributed by atoms with E-state index >= 15 is 0 Å². The molecule has 0 aliphatic heterocycles. The van der Waals surface area contributed by atoms with E-state index in [-0.39, 0.29) is 12.5 Å². The highest BCUT2D eigenvalue weighted by Gasteiger charge is 2.12. The number of carbonyl (C=O) groups is 1. The molecule has 8 heteroatoms. The van der Waals surface area contributed by atoms with E-state index in [9.17, 15) is 4.79 Å². The van der Waals surface area contributed by atoms with Crippen LogP contribution >= 0.6 is 12.2 Å². The first-order chi connectivity index (χ1) is 16.5. The molecule has 1 heterocycles. The highest BCUT2D eigenvalue weighted by molar-refractivity contribution is 7.71. The van der Waals surface area contributed by atoms with E-state index in [4.69, 9.17) is 21.7 Å². The van der Waals surface area contributed by atoms with Crippen molar-refractivity contribution in [1.82, 2.24) is 20.1 Å². The summed E-state index contributed by atoms with van der Waals surface area (Å²) in [6.45, 7) is 3.04. The Kier molecular flexibility index (Phi) is 7.39. The number of aromatic amines is 1. The van der Waals surface area contributed by atoms with Crippen LogP contribution in [0.5, 0.6) is 11.5 Å². The van der Waals surface area contributed by atoms with Gasteiger partial charge in [-0.15, -0.1) is 0 Å². The summed E-state index contributed by atoms with van der Waals surface area (Å²) >= 11 is 5.33. The lowest BCUT2D eigenvalue weighted by Gasteiger charge is -2.10. The van der Waals surface area contributed by atoms with Crippen LogP contribution in [0, 0.1) is 11.7 Å². The number of aromatic nitrogens is 3. The Hall–Kier alpha value is -3.91. The van der Waals surface area contributed by atoms with E-state index in [1.807, 2.05) is 60.7 Å². The highest BCUT2D eigenvalue weighted by Crippen LogP contribution is 2.21. The zero-order valence-corrected chi connectivity index (χ0v) is 19.9. The van der Waals surface area contributed by atoms with Gasteiger partial charge in [-0.3, -0.25) is 14.5 Å². The van der Waals surface area contributed by atoms with Gasteiger partial charge in [0.1, 0.15) is 24.7 Å². The summed E-state index contributed by atoms with van der Waals surface area (Å²) in [4.78, 5) is 12.6. The van der Waals surface area contributed by atoms with Gasteiger partial charge in [-0.25, -0.2) is 0 Å². The summed E-state index contributed by atoms with van der Waals surface area (Å²) in [5.74, 6) is 1.96. The highest BCUT2D eigenvalue weighted by atomic mass is 32.1. The maximum absolute atomic E-state index is 12.6. The van der Waals surface area contributed by atoms with Crippen LogP contribution in [0.1, 0.15) is 16.7 Å². The fraction of sp³-hybridized carbons (Fsp3) is 0.192. The van der Waals surface area contributed by atoms with Crippen LogP contribution in [0.25, 0.3) is 11.4 Å². The topological polar surface area (TPSA) is 81.2 Å². The molecule has 0 saturated heterocycles. The molecule has 2 N–H and O–H groups in total. The number of amides is 1. The van der Waals surface area contributed by atoms with Gasteiger partial charge in [0, 0.05) is 12.1 Å². The Labute approximate surface area is 203 Å². The number of methoxy groups -OCH3 is 1. The Balaban J connectivity index is 1.32. The van der Waals surface area contributed by atoms with Crippen molar-refractivity contribution in [3.05, 3.63) is 94.3 Å². The molecule has 0 atom stereocenters. The third kappa shape index (κ3) is 5.90. The number of benzene rings is 3. The maximum atomic E-state index is 12.6. The van der Waals surface area contributed by atoms with Gasteiger partial charge in [-0.2, -0.15) is 5.10 Å². The van der Waals surface area contributed by atoms with Crippen molar-refractivity contribution in [1.29, 1.82) is 0 Å². The van der Waals surface area contributed by atoms with Crippen LogP contribution in [-0.2, 0) is 24.5 Å². The molecular formula is C26H26N4O3S. The Morgan fingerprint density at radius 3 is 2.47 bits per heavy atom. The van der Waals surface area contributed by atoms with Crippen LogP contribution in [0.4, 0.5) is 0 Å². The molecule has 34 heavy (non-hydrogen) atoms. The number of hydrogen-bond acceptors (Lipinski definition) is 5. The molecule has 4 aromatic rings. The van der Waals surface area contributed by atoms with E-state index in [0.29, 0.717) is 23.7 Å². The van der Waals surface area contributed by atoms with Gasteiger partial charge >= 0.3 is 0 Å². The lowest BCUT2D eigenvalue weighted by atomic mass is 10.1. The van der Waals surface area contributed by atoms with E-state index in [1.54, 1.807) is 11.7 Å². The van der Waals surface area contributed by atoms with Gasteiger partial charge in [0.25, 0.3) is 0 Å². The first kappa shape index (κ1) is 23.3. The molecule has 0 spiro atoms. The molecule has 0 bridgehead atoms. The van der Waals surface area contributed by atoms with Gasteiger partial charge in [0.15, 0.2) is 10.6 Å². The second-order valence-electron chi connectivity index (χ2n) is 7.87. The third-order valence-corrected chi connectivity index (χ3v) is 5.62. The first-order valence-electron chi connectivity index (χ1n) is 10.9. The van der Waals surface area contributed by atoms with E-state index in [1.165, 1.54) is 5.56 Å². The summed E-state index contributed by atoms with van der Waals surface area (Å²) in [5, 5.41) is 9.98. The molecule has 0 fully saturated rings. The van der Waals surface area contributed by atoms with Gasteiger partial charge < -0.3 is 14.8 Å². The van der Waals surface area contributed by atoms with Gasteiger partial charge in [-0.05, 0) is 66.7 Å². The molecule has 0 unspecified atom stereocenters. The minimum Gasteiger partial charge on any atom is -0.497 e. The molecule has 0 saturated carbocycles. The molecule has 1 amide bonds. The number of H-pyrrole nitrogens is 1. The lowest BCUT2D eigenvalue weighted by molar-refractivity contribution is -0.121. The van der Waals surface area contributed by atoms with Gasteiger partial charge in [0.05, 0.1) is 7.11 Å². The summed E-state index contributed by atoms with van der Waals surface area (Å²) < 4.78 is 13.1. The largest absolute Gasteiger partial charge is 0.497 e. The van der Waals surface area contributed by atoms with E-state index < -0.39 is 0 Å². The molecule has 7 nitrogen and oxygen atoms in total. The quantitative estimate of drug-likeness (QED) is 0.340. The van der Waals surface area contributed by atoms with E-state index in [2.05, 4.69) is 34.6 Å². The lowest BCUT2D eigenvalue weighted by Crippen LogP contribution is -2.27. The number of nitrogens with zero attached hydrogens (tertiary/aromatic N) is 2. The normalized spacial score (nSPS) is 10.6. The van der Waals surface area contributed by atoms with Crippen LogP contribution in [0.3, 0.4) is 0 Å². The first-order valence-corrected chi connectivity index (χ1v) is 11.3. The Morgan fingerprint density at radius 1 is 1.03 bits per heavy atom. The average molecular weight is 475 g/mol. The molecule has 0 aliphatic carbocycles. The van der Waals surface area contributed by atoms with Crippen LogP contribution in [-0.4, -0.2) is 27.8 Å². The second-order valence-corrected chi connectivity index (χ2v) is 8.25. The number of hydrogen-bond donors (Lipinski definition) is 2. The third-order valence-electron chi connectivity index (χ3n) is 5.31. The molecule has 1 aromatic heterocycles. The molecule has 4 rings (SSSR count). The van der Waals surface area contributed by atoms with Crippen molar-refractivity contribution in [2.45, 2.75) is 26.6 Å². The van der Waals surface area contributed by atoms with Crippen LogP contribution in [0.15, 0.2) is 72.8 Å². The minimum absolute atomic E-state index is 0.0639. The second kappa shape index (κ2) is 10.8. The number of aryl methyl sites for hydroxylation is 1. The summed E-state index contributed by atoms with van der Waals surface area (Å²) in [5.41, 5.74) is 4.15. The van der Waals surface area contributed by atoms with Crippen LogP contribution in [0.2, 0.25) is 0 Å². The molecule has 3 aromatic carbocycles. The number of nitrogens with one attached hydrogen (secondary N) is 2. The standard InChI is InChI=1S/C26H26N4O3S/c1-18-4-3-5-20(14-18)17-33-23-10-6-19(7-11-23)15-27-24(31)16-30-25(28-29-26(30)34)21-8-12-22(32-2)13-9-21/h3-14H,15-17H2,1-2H3,(H,27,31)(H,29,34). The van der Waals surface area contributed by atoms with E-state index in [0.717, 1.165) is 28.2 Å². The summed E-state index contributed by atoms with van der Waals surface area (Å²) in [6, 6.07) is 23.4. The van der Waals surface area contributed by atoms with Crippen molar-refractivity contribution < 1.29 is 14.3 Å². The fourth-order valence-corrected chi connectivity index (χ4v) is 3.69. The zero-order chi connectivity index (χ0) is 23.9.